The maximum absolute atomic E-state index is 13.7. The number of ether oxygens (including phenoxy) is 2. The van der Waals surface area contributed by atoms with E-state index in [-0.39, 0.29) is 30.1 Å². The Kier molecular flexibility index (Phi) is 10.4. The van der Waals surface area contributed by atoms with Crippen molar-refractivity contribution in [3.8, 4) is 5.75 Å². The fraction of sp³-hybridized carbons (Fsp3) is 0.677. The van der Waals surface area contributed by atoms with Crippen molar-refractivity contribution >= 4 is 23.5 Å². The molecule has 2 saturated carbocycles. The number of aliphatic hydroxyl groups excluding tert-OH is 1. The summed E-state index contributed by atoms with van der Waals surface area (Å²) in [5, 5.41) is 18.3. The van der Waals surface area contributed by atoms with Gasteiger partial charge in [-0.05, 0) is 69.6 Å². The lowest BCUT2D eigenvalue weighted by Crippen LogP contribution is -2.57. The molecule has 1 aromatic carbocycles. The average molecular weight is 572 g/mol. The molecule has 4 N–H and O–H groups in total. The first-order valence-corrected chi connectivity index (χ1v) is 15.0. The first-order valence-electron chi connectivity index (χ1n) is 15.0. The number of aliphatic hydroxyl groups is 1. The van der Waals surface area contributed by atoms with E-state index in [0.717, 1.165) is 31.2 Å². The van der Waals surface area contributed by atoms with Crippen LogP contribution in [0.3, 0.4) is 0 Å². The second-order valence-corrected chi connectivity index (χ2v) is 12.2. The molecule has 4 rings (SSSR count). The van der Waals surface area contributed by atoms with Gasteiger partial charge < -0.3 is 30.5 Å². The molecule has 2 aliphatic carbocycles. The molecule has 0 spiro atoms. The fourth-order valence-electron chi connectivity index (χ4n) is 5.94. The monoisotopic (exact) mass is 571 g/mol. The molecule has 41 heavy (non-hydrogen) atoms. The summed E-state index contributed by atoms with van der Waals surface area (Å²) in [5.41, 5.74) is -0.0703. The van der Waals surface area contributed by atoms with Crippen LogP contribution in [-0.2, 0) is 30.3 Å². The Balaban J connectivity index is 1.45. The van der Waals surface area contributed by atoms with Crippen LogP contribution in [0.15, 0.2) is 24.3 Å². The summed E-state index contributed by atoms with van der Waals surface area (Å²) in [7, 11) is 1.57. The molecule has 1 heterocycles. The van der Waals surface area contributed by atoms with Gasteiger partial charge in [-0.1, -0.05) is 37.8 Å². The molecule has 0 radical (unpaired) electrons. The lowest BCUT2D eigenvalue weighted by Gasteiger charge is -2.28. The molecule has 0 unspecified atom stereocenters. The summed E-state index contributed by atoms with van der Waals surface area (Å²) in [6.07, 6.45) is 6.93. The maximum atomic E-state index is 13.7. The van der Waals surface area contributed by atoms with E-state index < -0.39 is 35.5 Å². The molecular weight excluding hydrogens is 526 g/mol. The van der Waals surface area contributed by atoms with Gasteiger partial charge in [-0.2, -0.15) is 0 Å². The highest BCUT2D eigenvalue weighted by atomic mass is 16.6. The molecular formula is C31H45N3O7. The summed E-state index contributed by atoms with van der Waals surface area (Å²) in [6.45, 7) is 3.67. The number of nitrogens with one attached hydrogen (secondary N) is 3. The topological polar surface area (TPSA) is 146 Å². The summed E-state index contributed by atoms with van der Waals surface area (Å²) >= 11 is 0. The number of methoxy groups -OCH3 is 1. The number of amides is 3. The second-order valence-electron chi connectivity index (χ2n) is 12.2. The predicted octanol–water partition coefficient (Wildman–Crippen LogP) is 2.20. The van der Waals surface area contributed by atoms with Gasteiger partial charge in [0.25, 0.3) is 0 Å². The van der Waals surface area contributed by atoms with Crippen LogP contribution in [0.1, 0.15) is 77.2 Å². The minimum atomic E-state index is -0.966. The van der Waals surface area contributed by atoms with Crippen LogP contribution >= 0.6 is 0 Å². The van der Waals surface area contributed by atoms with Crippen LogP contribution in [0, 0.1) is 11.8 Å². The third-order valence-electron chi connectivity index (χ3n) is 8.83. The highest BCUT2D eigenvalue weighted by molar-refractivity contribution is 5.98. The van der Waals surface area contributed by atoms with Gasteiger partial charge in [0.1, 0.15) is 23.4 Å². The van der Waals surface area contributed by atoms with Crippen molar-refractivity contribution in [2.75, 3.05) is 13.7 Å². The van der Waals surface area contributed by atoms with Gasteiger partial charge in [0.05, 0.1) is 25.9 Å². The van der Waals surface area contributed by atoms with E-state index in [1.165, 1.54) is 0 Å². The highest BCUT2D eigenvalue weighted by Gasteiger charge is 2.50. The summed E-state index contributed by atoms with van der Waals surface area (Å²) in [4.78, 5) is 53.0. The van der Waals surface area contributed by atoms with E-state index in [1.807, 2.05) is 12.1 Å². The second kappa shape index (κ2) is 13.8. The molecule has 0 bridgehead atoms. The number of hydrogen-bond donors (Lipinski definition) is 4. The molecule has 10 nitrogen and oxygen atoms in total. The minimum absolute atomic E-state index is 0.134. The number of rotatable bonds is 13. The molecule has 3 fully saturated rings. The molecule has 10 heteroatoms. The normalized spacial score (nSPS) is 26.3. The van der Waals surface area contributed by atoms with E-state index in [0.29, 0.717) is 50.4 Å². The lowest BCUT2D eigenvalue weighted by molar-refractivity contribution is -0.135. The molecule has 226 valence electrons. The molecule has 1 aliphatic heterocycles. The van der Waals surface area contributed by atoms with Crippen LogP contribution in [0.25, 0.3) is 0 Å². The number of ketones is 1. The number of hydrogen-bond acceptors (Lipinski definition) is 7. The van der Waals surface area contributed by atoms with Crippen molar-refractivity contribution in [1.82, 2.24) is 16.0 Å². The lowest BCUT2D eigenvalue weighted by atomic mass is 9.87. The first-order chi connectivity index (χ1) is 19.6. The van der Waals surface area contributed by atoms with Crippen molar-refractivity contribution in [2.24, 2.45) is 11.8 Å². The zero-order chi connectivity index (χ0) is 29.6. The Morgan fingerprint density at radius 2 is 1.56 bits per heavy atom. The summed E-state index contributed by atoms with van der Waals surface area (Å²) in [6, 6.07) is 4.69. The van der Waals surface area contributed by atoms with Gasteiger partial charge >= 0.3 is 0 Å². The van der Waals surface area contributed by atoms with Gasteiger partial charge in [-0.3, -0.25) is 19.2 Å². The van der Waals surface area contributed by atoms with Crippen LogP contribution in [-0.4, -0.2) is 72.2 Å². The van der Waals surface area contributed by atoms with E-state index in [2.05, 4.69) is 16.0 Å². The van der Waals surface area contributed by atoms with Crippen LogP contribution in [0.4, 0.5) is 0 Å². The van der Waals surface area contributed by atoms with Gasteiger partial charge in [-0.15, -0.1) is 0 Å². The molecule has 1 aromatic rings. The van der Waals surface area contributed by atoms with E-state index in [9.17, 15) is 24.3 Å². The number of carbonyl (C=O) groups is 4. The van der Waals surface area contributed by atoms with Crippen LogP contribution < -0.4 is 20.7 Å². The number of benzene rings is 1. The van der Waals surface area contributed by atoms with E-state index in [4.69, 9.17) is 9.47 Å². The Labute approximate surface area is 242 Å². The summed E-state index contributed by atoms with van der Waals surface area (Å²) in [5.74, 6) is -0.516. The maximum Gasteiger partial charge on any atom is 0.243 e. The first kappa shape index (κ1) is 31.0. The quantitative estimate of drug-likeness (QED) is 0.266. The SMILES string of the molecule is COc1ccc(C[C@H](NC(=O)[C@@H](C)NC(=O)C2CCC(O)CC2)C(=O)N[C@@H](CC2CCCC2)C(=O)[C@@]2(C)CO2)cc1. The molecule has 1 saturated heterocycles. The van der Waals surface area contributed by atoms with Crippen LogP contribution in [0.2, 0.25) is 0 Å². The summed E-state index contributed by atoms with van der Waals surface area (Å²) < 4.78 is 10.7. The smallest absolute Gasteiger partial charge is 0.243 e. The average Bonchev–Trinajstić information content (AvgIpc) is 3.50. The van der Waals surface area contributed by atoms with Crippen molar-refractivity contribution in [1.29, 1.82) is 0 Å². The Hall–Kier alpha value is -2.98. The highest BCUT2D eigenvalue weighted by Crippen LogP contribution is 2.33. The van der Waals surface area contributed by atoms with E-state index >= 15 is 0 Å². The van der Waals surface area contributed by atoms with Gasteiger partial charge in [-0.25, -0.2) is 0 Å². The van der Waals surface area contributed by atoms with Crippen molar-refractivity contribution in [2.45, 2.75) is 108 Å². The standard InChI is InChI=1S/C31H45N3O7/c1-19(32-29(38)22-10-12-23(35)13-11-22)28(37)34-26(17-21-8-14-24(40-3)15-9-21)30(39)33-25(16-20-6-4-5-7-20)27(36)31(2)18-41-31/h8-9,14-15,19-20,22-23,25-26,35H,4-7,10-13,16-18H2,1-3H3,(H,32,38)(H,33,39)(H,34,37)/t19-,22?,23?,25+,26+,31-/m1/s1. The third kappa shape index (κ3) is 8.52. The minimum Gasteiger partial charge on any atom is -0.497 e. The Morgan fingerprint density at radius 1 is 0.951 bits per heavy atom. The van der Waals surface area contributed by atoms with Gasteiger partial charge in [0.15, 0.2) is 5.78 Å². The van der Waals surface area contributed by atoms with Gasteiger partial charge in [0, 0.05) is 12.3 Å². The van der Waals surface area contributed by atoms with Crippen LogP contribution in [0.5, 0.6) is 5.75 Å². The largest absolute Gasteiger partial charge is 0.497 e. The molecule has 4 atom stereocenters. The Bertz CT molecular complexity index is 1070. The fourth-order valence-corrected chi connectivity index (χ4v) is 5.94. The van der Waals surface area contributed by atoms with Crippen molar-refractivity contribution < 1.29 is 33.8 Å². The number of carbonyl (C=O) groups excluding carboxylic acids is 4. The zero-order valence-electron chi connectivity index (χ0n) is 24.4. The van der Waals surface area contributed by atoms with Crippen molar-refractivity contribution in [3.63, 3.8) is 0 Å². The van der Waals surface area contributed by atoms with Gasteiger partial charge in [0.2, 0.25) is 17.7 Å². The predicted molar refractivity (Wildman–Crippen MR) is 152 cm³/mol. The van der Waals surface area contributed by atoms with Crippen molar-refractivity contribution in [3.05, 3.63) is 29.8 Å². The molecule has 3 amide bonds. The number of epoxide rings is 1. The number of Topliss-reactive ketones (excluding diaryl/α,β-unsaturated/α-hetero) is 1. The molecule has 3 aliphatic rings. The molecule has 0 aromatic heterocycles. The van der Waals surface area contributed by atoms with E-state index in [1.54, 1.807) is 33.1 Å². The third-order valence-corrected chi connectivity index (χ3v) is 8.83. The zero-order valence-corrected chi connectivity index (χ0v) is 24.4. The Morgan fingerprint density at radius 3 is 2.15 bits per heavy atom.